The molecule has 56 valence electrons. The zero-order valence-corrected chi connectivity index (χ0v) is 6.25. The van der Waals surface area contributed by atoms with E-state index in [-0.39, 0.29) is 18.1 Å². The van der Waals surface area contributed by atoms with E-state index in [0.717, 1.165) is 0 Å². The zero-order chi connectivity index (χ0) is 6.53. The summed E-state index contributed by atoms with van der Waals surface area (Å²) in [4.78, 5) is 0. The molecule has 3 N–H and O–H groups in total. The van der Waals surface area contributed by atoms with Crippen LogP contribution in [0.15, 0.2) is 30.3 Å². The van der Waals surface area contributed by atoms with Crippen LogP contribution in [0.1, 0.15) is 0 Å². The molecule has 4 heteroatoms. The van der Waals surface area contributed by atoms with Crippen LogP contribution in [-0.4, -0.2) is 4.21 Å². The van der Waals surface area contributed by atoms with Crippen molar-refractivity contribution in [2.24, 2.45) is 0 Å². The molecule has 0 saturated heterocycles. The molecule has 0 heterocycles. The minimum Gasteiger partial charge on any atom is -0.403 e. The van der Waals surface area contributed by atoms with Gasteiger partial charge in [0.25, 0.3) is 0 Å². The SMILES string of the molecule is N.O=[SH]Oc1ccccc1. The van der Waals surface area contributed by atoms with Crippen LogP contribution in [0, 0.1) is 0 Å². The fourth-order valence-corrected chi connectivity index (χ4v) is 0.732. The van der Waals surface area contributed by atoms with Gasteiger partial charge in [-0.3, -0.25) is 0 Å². The normalized spacial score (nSPS) is 8.00. The Morgan fingerprint density at radius 3 is 2.30 bits per heavy atom. The van der Waals surface area contributed by atoms with Crippen molar-refractivity contribution in [2.45, 2.75) is 0 Å². The minimum atomic E-state index is -0.305. The second-order valence-electron chi connectivity index (χ2n) is 1.48. The van der Waals surface area contributed by atoms with Gasteiger partial charge in [0.1, 0.15) is 5.75 Å². The van der Waals surface area contributed by atoms with Crippen LogP contribution in [-0.2, 0) is 11.9 Å². The van der Waals surface area contributed by atoms with Gasteiger partial charge in [-0.25, -0.2) is 4.21 Å². The third-order valence-corrected chi connectivity index (χ3v) is 1.17. The Balaban J connectivity index is 0.000000810. The summed E-state index contributed by atoms with van der Waals surface area (Å²) in [6.07, 6.45) is 0. The predicted octanol–water partition coefficient (Wildman–Crippen LogP) is 1.09. The zero-order valence-electron chi connectivity index (χ0n) is 5.36. The number of benzene rings is 1. The third-order valence-electron chi connectivity index (χ3n) is 0.886. The van der Waals surface area contributed by atoms with Gasteiger partial charge in [-0.1, -0.05) is 18.2 Å². The maximum absolute atomic E-state index is 9.85. The molecular weight excluding hydrogens is 150 g/mol. The average molecular weight is 159 g/mol. The van der Waals surface area contributed by atoms with E-state index in [9.17, 15) is 4.21 Å². The Morgan fingerprint density at radius 2 is 1.80 bits per heavy atom. The Hall–Kier alpha value is -0.870. The molecule has 0 aromatic heterocycles. The first-order valence-electron chi connectivity index (χ1n) is 2.48. The lowest BCUT2D eigenvalue weighted by Gasteiger charge is -1.91. The van der Waals surface area contributed by atoms with Gasteiger partial charge >= 0.3 is 0 Å². The number of rotatable bonds is 2. The lowest BCUT2D eigenvalue weighted by molar-refractivity contribution is 0.582. The highest BCUT2D eigenvalue weighted by atomic mass is 32.2. The van der Waals surface area contributed by atoms with Crippen LogP contribution in [0.4, 0.5) is 0 Å². The summed E-state index contributed by atoms with van der Waals surface area (Å²) < 4.78 is 14.5. The van der Waals surface area contributed by atoms with Crippen molar-refractivity contribution in [3.8, 4) is 5.75 Å². The van der Waals surface area contributed by atoms with Crippen molar-refractivity contribution < 1.29 is 8.39 Å². The molecule has 0 amide bonds. The van der Waals surface area contributed by atoms with Crippen molar-refractivity contribution in [3.05, 3.63) is 30.3 Å². The number of thiol groups is 1. The van der Waals surface area contributed by atoms with Gasteiger partial charge < -0.3 is 10.3 Å². The molecule has 0 fully saturated rings. The summed E-state index contributed by atoms with van der Waals surface area (Å²) in [5.74, 6) is 0.620. The van der Waals surface area contributed by atoms with Crippen LogP contribution < -0.4 is 10.3 Å². The van der Waals surface area contributed by atoms with E-state index in [4.69, 9.17) is 0 Å². The quantitative estimate of drug-likeness (QED) is 0.635. The highest BCUT2D eigenvalue weighted by Gasteiger charge is 1.84. The van der Waals surface area contributed by atoms with Crippen molar-refractivity contribution in [2.75, 3.05) is 0 Å². The Kier molecular flexibility index (Phi) is 4.53. The van der Waals surface area contributed by atoms with Crippen LogP contribution in [0.3, 0.4) is 0 Å². The smallest absolute Gasteiger partial charge is 0.193 e. The lowest BCUT2D eigenvalue weighted by Crippen LogP contribution is -1.80. The largest absolute Gasteiger partial charge is 0.403 e. The summed E-state index contributed by atoms with van der Waals surface area (Å²) in [7, 11) is 0. The second-order valence-corrected chi connectivity index (χ2v) is 1.81. The van der Waals surface area contributed by atoms with Crippen LogP contribution in [0.25, 0.3) is 0 Å². The Labute approximate surface area is 63.3 Å². The molecular formula is C6H9NO2S. The number of hydrogen-bond donors (Lipinski definition) is 2. The van der Waals surface area contributed by atoms with Crippen LogP contribution >= 0.6 is 0 Å². The highest BCUT2D eigenvalue weighted by molar-refractivity contribution is 7.60. The Morgan fingerprint density at radius 1 is 1.20 bits per heavy atom. The highest BCUT2D eigenvalue weighted by Crippen LogP contribution is 2.06. The van der Waals surface area contributed by atoms with Gasteiger partial charge in [0, 0.05) is 0 Å². The van der Waals surface area contributed by atoms with E-state index in [1.807, 2.05) is 18.2 Å². The van der Waals surface area contributed by atoms with E-state index in [2.05, 4.69) is 4.18 Å². The van der Waals surface area contributed by atoms with Gasteiger partial charge in [0.15, 0.2) is 11.9 Å². The Bertz CT molecular complexity index is 190. The fraction of sp³-hybridized carbons (Fsp3) is 0. The molecule has 0 atom stereocenters. The lowest BCUT2D eigenvalue weighted by atomic mass is 10.3. The number of hydrogen-bond acceptors (Lipinski definition) is 3. The fourth-order valence-electron chi connectivity index (χ4n) is 0.524. The molecule has 0 bridgehead atoms. The van der Waals surface area contributed by atoms with Crippen LogP contribution in [0.5, 0.6) is 5.75 Å². The predicted molar refractivity (Wildman–Crippen MR) is 41.6 cm³/mol. The van der Waals surface area contributed by atoms with E-state index in [1.165, 1.54) is 0 Å². The summed E-state index contributed by atoms with van der Waals surface area (Å²) in [6.45, 7) is 0. The molecule has 0 aliphatic rings. The molecule has 1 aromatic carbocycles. The van der Waals surface area contributed by atoms with E-state index >= 15 is 0 Å². The minimum absolute atomic E-state index is 0. The maximum atomic E-state index is 9.85. The summed E-state index contributed by atoms with van der Waals surface area (Å²) in [5.41, 5.74) is 0. The number of para-hydroxylation sites is 1. The van der Waals surface area contributed by atoms with Gasteiger partial charge in [-0.15, -0.1) is 0 Å². The maximum Gasteiger partial charge on any atom is 0.193 e. The summed E-state index contributed by atoms with van der Waals surface area (Å²) >= 11 is -0.305. The van der Waals surface area contributed by atoms with E-state index < -0.39 is 0 Å². The molecule has 3 nitrogen and oxygen atoms in total. The van der Waals surface area contributed by atoms with Gasteiger partial charge in [-0.2, -0.15) is 0 Å². The van der Waals surface area contributed by atoms with Crippen molar-refractivity contribution in [1.29, 1.82) is 0 Å². The van der Waals surface area contributed by atoms with E-state index in [0.29, 0.717) is 5.75 Å². The molecule has 0 spiro atoms. The molecule has 0 saturated carbocycles. The van der Waals surface area contributed by atoms with Crippen molar-refractivity contribution >= 4 is 11.9 Å². The monoisotopic (exact) mass is 159 g/mol. The van der Waals surface area contributed by atoms with Gasteiger partial charge in [0.2, 0.25) is 0 Å². The standard InChI is InChI=1S/C6H6O2S.H3N/c7-9-8-6-4-2-1-3-5-6;/h1-5,9H;1H3. The molecule has 1 rings (SSSR count). The van der Waals surface area contributed by atoms with E-state index in [1.54, 1.807) is 12.1 Å². The van der Waals surface area contributed by atoms with Gasteiger partial charge in [-0.05, 0) is 12.1 Å². The van der Waals surface area contributed by atoms with Crippen LogP contribution in [0.2, 0.25) is 0 Å². The molecule has 0 aliphatic carbocycles. The molecule has 1 aromatic rings. The summed E-state index contributed by atoms with van der Waals surface area (Å²) in [6, 6.07) is 8.99. The molecule has 0 radical (unpaired) electrons. The third kappa shape index (κ3) is 2.61. The topological polar surface area (TPSA) is 61.3 Å². The van der Waals surface area contributed by atoms with Crippen molar-refractivity contribution in [1.82, 2.24) is 6.15 Å². The molecule has 10 heavy (non-hydrogen) atoms. The summed E-state index contributed by atoms with van der Waals surface area (Å²) in [5, 5.41) is 0. The second kappa shape index (κ2) is 4.96. The first-order valence-corrected chi connectivity index (χ1v) is 3.21. The first kappa shape index (κ1) is 9.13. The van der Waals surface area contributed by atoms with Gasteiger partial charge in [0.05, 0.1) is 0 Å². The first-order chi connectivity index (χ1) is 4.43. The van der Waals surface area contributed by atoms with Crippen molar-refractivity contribution in [3.63, 3.8) is 0 Å². The molecule has 0 unspecified atom stereocenters. The molecule has 0 aliphatic heterocycles. The average Bonchev–Trinajstić information content (AvgIpc) is 1.91.